The van der Waals surface area contributed by atoms with Crippen LogP contribution in [-0.2, 0) is 0 Å². The smallest absolute Gasteiger partial charge is 0.293 e. The van der Waals surface area contributed by atoms with Crippen molar-refractivity contribution in [2.75, 3.05) is 18.0 Å². The molecule has 8 heteroatoms. The summed E-state index contributed by atoms with van der Waals surface area (Å²) < 4.78 is 0. The lowest BCUT2D eigenvalue weighted by atomic mass is 10.1. The summed E-state index contributed by atoms with van der Waals surface area (Å²) in [5, 5.41) is 15.1. The van der Waals surface area contributed by atoms with Gasteiger partial charge in [0.05, 0.1) is 11.1 Å². The van der Waals surface area contributed by atoms with Gasteiger partial charge >= 0.3 is 0 Å². The van der Waals surface area contributed by atoms with Crippen LogP contribution in [0.15, 0.2) is 23.3 Å². The Morgan fingerprint density at radius 1 is 1.43 bits per heavy atom. The van der Waals surface area contributed by atoms with Gasteiger partial charge in [0.15, 0.2) is 5.11 Å². The molecule has 0 aromatic heterocycles. The normalized spacial score (nSPS) is 15.1. The zero-order valence-corrected chi connectivity index (χ0v) is 12.3. The average molecular weight is 307 g/mol. The van der Waals surface area contributed by atoms with E-state index in [4.69, 9.17) is 5.73 Å². The monoisotopic (exact) mass is 307 g/mol. The van der Waals surface area contributed by atoms with Crippen molar-refractivity contribution in [1.82, 2.24) is 5.43 Å². The second-order valence-corrected chi connectivity index (χ2v) is 5.23. The fraction of sp³-hybridized carbons (Fsp3) is 0.385. The molecule has 1 aliphatic heterocycles. The number of nitrogens with two attached hydrogens (primary N) is 1. The maximum atomic E-state index is 11.3. The molecule has 1 heterocycles. The summed E-state index contributed by atoms with van der Waals surface area (Å²) in [4.78, 5) is 13.0. The fourth-order valence-electron chi connectivity index (χ4n) is 2.34. The molecule has 1 fully saturated rings. The first-order valence-electron chi connectivity index (χ1n) is 6.70. The van der Waals surface area contributed by atoms with Gasteiger partial charge in [0.2, 0.25) is 0 Å². The number of rotatable bonds is 4. The number of hydrogen-bond donors (Lipinski definition) is 2. The van der Waals surface area contributed by atoms with Crippen molar-refractivity contribution in [2.45, 2.75) is 19.3 Å². The number of nitro groups is 1. The topological polar surface area (TPSA) is 96.8 Å². The van der Waals surface area contributed by atoms with Crippen LogP contribution < -0.4 is 16.1 Å². The summed E-state index contributed by atoms with van der Waals surface area (Å²) in [7, 11) is 0. The van der Waals surface area contributed by atoms with Gasteiger partial charge in [0, 0.05) is 24.7 Å². The van der Waals surface area contributed by atoms with Gasteiger partial charge in [-0.15, -0.1) is 0 Å². The van der Waals surface area contributed by atoms with E-state index in [1.165, 1.54) is 18.7 Å². The Hall–Kier alpha value is -2.22. The van der Waals surface area contributed by atoms with Gasteiger partial charge in [-0.05, 0) is 37.5 Å². The lowest BCUT2D eigenvalue weighted by Gasteiger charge is -2.28. The molecule has 0 aliphatic carbocycles. The van der Waals surface area contributed by atoms with Crippen molar-refractivity contribution in [2.24, 2.45) is 10.8 Å². The number of anilines is 1. The molecular formula is C13H17N5O2S. The molecule has 0 saturated carbocycles. The molecule has 0 spiro atoms. The summed E-state index contributed by atoms with van der Waals surface area (Å²) in [5.41, 5.74) is 9.04. The predicted molar refractivity (Wildman–Crippen MR) is 86.7 cm³/mol. The lowest BCUT2D eigenvalue weighted by Crippen LogP contribution is -2.30. The number of piperidine rings is 1. The van der Waals surface area contributed by atoms with Gasteiger partial charge in [-0.2, -0.15) is 5.10 Å². The van der Waals surface area contributed by atoms with E-state index in [2.05, 4.69) is 27.6 Å². The van der Waals surface area contributed by atoms with Crippen molar-refractivity contribution < 1.29 is 4.92 Å². The zero-order valence-electron chi connectivity index (χ0n) is 11.5. The number of nitrogens with zero attached hydrogens (tertiary/aromatic N) is 3. The number of thiocarbonyl (C=S) groups is 1. The number of benzene rings is 1. The highest BCUT2D eigenvalue weighted by Gasteiger charge is 2.21. The molecule has 1 aromatic carbocycles. The van der Waals surface area contributed by atoms with E-state index in [9.17, 15) is 10.1 Å². The molecule has 112 valence electrons. The summed E-state index contributed by atoms with van der Waals surface area (Å²) in [6, 6.07) is 5.07. The van der Waals surface area contributed by atoms with Crippen LogP contribution in [0.1, 0.15) is 24.8 Å². The van der Waals surface area contributed by atoms with Crippen LogP contribution in [0.5, 0.6) is 0 Å². The van der Waals surface area contributed by atoms with Crippen LogP contribution in [0.25, 0.3) is 0 Å². The minimum absolute atomic E-state index is 0.0469. The third-order valence-electron chi connectivity index (χ3n) is 3.28. The number of nitro benzene ring substituents is 1. The number of nitrogens with one attached hydrogen (secondary N) is 1. The predicted octanol–water partition coefficient (Wildman–Crippen LogP) is 1.75. The highest BCUT2D eigenvalue weighted by Crippen LogP contribution is 2.30. The molecule has 2 rings (SSSR count). The van der Waals surface area contributed by atoms with E-state index in [0.29, 0.717) is 11.3 Å². The van der Waals surface area contributed by atoms with Crippen LogP contribution in [0.2, 0.25) is 0 Å². The average Bonchev–Trinajstić information content (AvgIpc) is 2.47. The molecule has 1 aromatic rings. The Kier molecular flexibility index (Phi) is 5.04. The second-order valence-electron chi connectivity index (χ2n) is 4.79. The molecule has 3 N–H and O–H groups in total. The van der Waals surface area contributed by atoms with Crippen molar-refractivity contribution in [3.63, 3.8) is 0 Å². The molecule has 1 saturated heterocycles. The van der Waals surface area contributed by atoms with Gasteiger partial charge in [-0.3, -0.25) is 15.5 Å². The first-order chi connectivity index (χ1) is 10.1. The Labute approximate surface area is 128 Å². The van der Waals surface area contributed by atoms with E-state index in [0.717, 1.165) is 25.9 Å². The van der Waals surface area contributed by atoms with Gasteiger partial charge in [0.25, 0.3) is 5.69 Å². The maximum absolute atomic E-state index is 11.3. The Bertz CT molecular complexity index is 570. The maximum Gasteiger partial charge on any atom is 0.293 e. The second kappa shape index (κ2) is 6.98. The molecule has 0 amide bonds. The van der Waals surface area contributed by atoms with Gasteiger partial charge in [0.1, 0.15) is 5.69 Å². The highest BCUT2D eigenvalue weighted by atomic mass is 32.1. The summed E-state index contributed by atoms with van der Waals surface area (Å²) in [5.74, 6) is 0. The van der Waals surface area contributed by atoms with Crippen LogP contribution in [0.4, 0.5) is 11.4 Å². The SMILES string of the molecule is NC(=S)NN=Cc1ccc(N2CCCCC2)c([N+](=O)[O-])c1. The van der Waals surface area contributed by atoms with Crippen LogP contribution in [0, 0.1) is 10.1 Å². The quantitative estimate of drug-likeness (QED) is 0.381. The van der Waals surface area contributed by atoms with Crippen molar-refractivity contribution in [1.29, 1.82) is 0 Å². The molecular weight excluding hydrogens is 290 g/mol. The van der Waals surface area contributed by atoms with Crippen LogP contribution in [0.3, 0.4) is 0 Å². The van der Waals surface area contributed by atoms with Crippen LogP contribution >= 0.6 is 12.2 Å². The Balaban J connectivity index is 2.24. The lowest BCUT2D eigenvalue weighted by molar-refractivity contribution is -0.384. The largest absolute Gasteiger partial charge is 0.375 e. The van der Waals surface area contributed by atoms with Crippen molar-refractivity contribution in [3.8, 4) is 0 Å². The van der Waals surface area contributed by atoms with Crippen molar-refractivity contribution in [3.05, 3.63) is 33.9 Å². The van der Waals surface area contributed by atoms with Gasteiger partial charge in [-0.1, -0.05) is 6.07 Å². The minimum Gasteiger partial charge on any atom is -0.375 e. The minimum atomic E-state index is -0.359. The van der Waals surface area contributed by atoms with E-state index in [1.54, 1.807) is 12.1 Å². The fourth-order valence-corrected chi connectivity index (χ4v) is 2.39. The molecule has 1 aliphatic rings. The molecule has 0 bridgehead atoms. The van der Waals surface area contributed by atoms with Crippen molar-refractivity contribution >= 4 is 34.9 Å². The first kappa shape index (κ1) is 15.2. The molecule has 0 unspecified atom stereocenters. The molecule has 0 radical (unpaired) electrons. The Morgan fingerprint density at radius 2 is 2.14 bits per heavy atom. The first-order valence-corrected chi connectivity index (χ1v) is 7.10. The molecule has 21 heavy (non-hydrogen) atoms. The summed E-state index contributed by atoms with van der Waals surface area (Å²) in [6.07, 6.45) is 4.77. The van der Waals surface area contributed by atoms with E-state index < -0.39 is 0 Å². The van der Waals surface area contributed by atoms with E-state index >= 15 is 0 Å². The number of hydrogen-bond acceptors (Lipinski definition) is 5. The zero-order chi connectivity index (χ0) is 15.2. The third-order valence-corrected chi connectivity index (χ3v) is 3.37. The summed E-state index contributed by atoms with van der Waals surface area (Å²) >= 11 is 4.62. The summed E-state index contributed by atoms with van der Waals surface area (Å²) in [6.45, 7) is 1.72. The molecule has 0 atom stereocenters. The number of hydrazone groups is 1. The van der Waals surface area contributed by atoms with Gasteiger partial charge < -0.3 is 10.6 Å². The van der Waals surface area contributed by atoms with E-state index in [-0.39, 0.29) is 15.7 Å². The van der Waals surface area contributed by atoms with Crippen LogP contribution in [-0.4, -0.2) is 29.3 Å². The Morgan fingerprint density at radius 3 is 2.76 bits per heavy atom. The molecule has 7 nitrogen and oxygen atoms in total. The standard InChI is InChI=1S/C13H17N5O2S/c14-13(21)16-15-9-10-4-5-11(12(8-10)18(19)20)17-6-2-1-3-7-17/h4-5,8-9H,1-3,6-7H2,(H3,14,16,21). The van der Waals surface area contributed by atoms with E-state index in [1.807, 2.05) is 0 Å². The highest BCUT2D eigenvalue weighted by molar-refractivity contribution is 7.80. The van der Waals surface area contributed by atoms with Gasteiger partial charge in [-0.25, -0.2) is 0 Å². The third kappa shape index (κ3) is 4.12.